The average molecular weight is 284 g/mol. The summed E-state index contributed by atoms with van der Waals surface area (Å²) in [6.45, 7) is 0.272. The maximum atomic E-state index is 11.4. The van der Waals surface area contributed by atoms with E-state index in [1.807, 2.05) is 0 Å². The van der Waals surface area contributed by atoms with Crippen LogP contribution >= 0.6 is 15.9 Å². The molecule has 1 aliphatic rings. The lowest BCUT2D eigenvalue weighted by Gasteiger charge is -2.09. The second-order valence-electron chi connectivity index (χ2n) is 3.37. The van der Waals surface area contributed by atoms with Crippen LogP contribution in [-0.4, -0.2) is 37.2 Å². The van der Waals surface area contributed by atoms with E-state index in [1.165, 1.54) is 0 Å². The van der Waals surface area contributed by atoms with Crippen molar-refractivity contribution in [2.24, 2.45) is 0 Å². The highest BCUT2D eigenvalue weighted by Gasteiger charge is 2.31. The maximum absolute atomic E-state index is 11.4. The average Bonchev–Trinajstić information content (AvgIpc) is 2.42. The van der Waals surface area contributed by atoms with Crippen LogP contribution in [0.5, 0.6) is 0 Å². The Hall–Kier alpha value is -0.100. The second-order valence-corrected chi connectivity index (χ2v) is 6.57. The number of hydrogen-bond acceptors (Lipinski definition) is 3. The van der Waals surface area contributed by atoms with Crippen molar-refractivity contribution in [3.63, 3.8) is 0 Å². The van der Waals surface area contributed by atoms with Crippen LogP contribution in [0.1, 0.15) is 19.3 Å². The molecule has 0 bridgehead atoms. The molecule has 0 radical (unpaired) electrons. The van der Waals surface area contributed by atoms with E-state index in [-0.39, 0.29) is 23.5 Å². The van der Waals surface area contributed by atoms with Crippen LogP contribution in [0.25, 0.3) is 0 Å². The minimum atomic E-state index is -2.92. The number of amides is 1. The summed E-state index contributed by atoms with van der Waals surface area (Å²) < 4.78 is 22.7. The molecule has 1 rings (SSSR count). The van der Waals surface area contributed by atoms with Crippen LogP contribution in [0.3, 0.4) is 0 Å². The lowest BCUT2D eigenvalue weighted by Crippen LogP contribution is -2.34. The second kappa shape index (κ2) is 5.11. The summed E-state index contributed by atoms with van der Waals surface area (Å²) in [5, 5.41) is 2.88. The minimum Gasteiger partial charge on any atom is -0.355 e. The first kappa shape index (κ1) is 12.0. The first-order valence-corrected chi connectivity index (χ1v) is 7.44. The van der Waals surface area contributed by atoms with Crippen LogP contribution in [0.15, 0.2) is 0 Å². The van der Waals surface area contributed by atoms with Crippen molar-refractivity contribution < 1.29 is 13.2 Å². The van der Waals surface area contributed by atoms with E-state index in [1.54, 1.807) is 0 Å². The Morgan fingerprint density at radius 1 is 1.50 bits per heavy atom. The summed E-state index contributed by atoms with van der Waals surface area (Å²) in [6.07, 6.45) is 1.80. The van der Waals surface area contributed by atoms with Crippen LogP contribution < -0.4 is 5.32 Å². The zero-order chi connectivity index (χ0) is 10.6. The fraction of sp³-hybridized carbons (Fsp3) is 0.875. The van der Waals surface area contributed by atoms with Gasteiger partial charge in [-0.15, -0.1) is 0 Å². The molecule has 4 nitrogen and oxygen atoms in total. The molecule has 1 unspecified atom stereocenters. The third kappa shape index (κ3) is 3.24. The molecule has 0 aromatic rings. The molecular formula is C8H14BrNO3S. The van der Waals surface area contributed by atoms with Crippen LogP contribution in [0.4, 0.5) is 0 Å². The number of alkyl halides is 1. The Labute approximate surface area is 92.5 Å². The molecule has 1 atom stereocenters. The van der Waals surface area contributed by atoms with Gasteiger partial charge in [-0.25, -0.2) is 8.42 Å². The molecule has 0 aromatic carbocycles. The zero-order valence-corrected chi connectivity index (χ0v) is 10.2. The van der Waals surface area contributed by atoms with Gasteiger partial charge in [0, 0.05) is 18.3 Å². The molecule has 1 saturated heterocycles. The molecule has 0 spiro atoms. The van der Waals surface area contributed by atoms with Crippen molar-refractivity contribution in [2.75, 3.05) is 17.6 Å². The number of carbonyl (C=O) groups excluding carboxylic acids is 1. The number of sulfone groups is 1. The molecule has 1 amide bonds. The van der Waals surface area contributed by atoms with Gasteiger partial charge in [0.05, 0.1) is 11.0 Å². The van der Waals surface area contributed by atoms with Gasteiger partial charge in [-0.3, -0.25) is 4.79 Å². The molecule has 14 heavy (non-hydrogen) atoms. The van der Waals surface area contributed by atoms with Crippen LogP contribution in [0, 0.1) is 0 Å². The Morgan fingerprint density at radius 3 is 2.71 bits per heavy atom. The third-order valence-corrected chi connectivity index (χ3v) is 4.98. The van der Waals surface area contributed by atoms with Gasteiger partial charge in [-0.2, -0.15) is 0 Å². The fourth-order valence-corrected chi connectivity index (χ4v) is 3.61. The largest absolute Gasteiger partial charge is 0.355 e. The summed E-state index contributed by atoms with van der Waals surface area (Å²) in [6, 6.07) is 0. The lowest BCUT2D eigenvalue weighted by atomic mass is 10.2. The lowest BCUT2D eigenvalue weighted by molar-refractivity contribution is -0.120. The van der Waals surface area contributed by atoms with Crippen molar-refractivity contribution >= 4 is 31.7 Å². The zero-order valence-electron chi connectivity index (χ0n) is 7.83. The highest BCUT2D eigenvalue weighted by Crippen LogP contribution is 2.18. The van der Waals surface area contributed by atoms with Crippen molar-refractivity contribution in [2.45, 2.75) is 24.5 Å². The molecule has 1 aliphatic heterocycles. The SMILES string of the molecule is O=C(CCBr)NCC1CCCS1(=O)=O. The summed E-state index contributed by atoms with van der Waals surface area (Å²) in [7, 11) is -2.92. The third-order valence-electron chi connectivity index (χ3n) is 2.31. The van der Waals surface area contributed by atoms with E-state index in [9.17, 15) is 13.2 Å². The molecule has 1 fully saturated rings. The Kier molecular flexibility index (Phi) is 4.37. The smallest absolute Gasteiger partial charge is 0.220 e. The van der Waals surface area contributed by atoms with Crippen LogP contribution in [-0.2, 0) is 14.6 Å². The highest BCUT2D eigenvalue weighted by atomic mass is 79.9. The summed E-state index contributed by atoms with van der Waals surface area (Å²) in [5.74, 6) is 0.176. The predicted molar refractivity (Wildman–Crippen MR) is 58.2 cm³/mol. The fourth-order valence-electron chi connectivity index (χ4n) is 1.49. The number of hydrogen-bond donors (Lipinski definition) is 1. The number of halogens is 1. The molecular weight excluding hydrogens is 270 g/mol. The Bertz CT molecular complexity index is 302. The van der Waals surface area contributed by atoms with E-state index in [4.69, 9.17) is 0 Å². The molecule has 6 heteroatoms. The topological polar surface area (TPSA) is 63.2 Å². The van der Waals surface area contributed by atoms with E-state index in [0.29, 0.717) is 18.2 Å². The molecule has 82 valence electrons. The Morgan fingerprint density at radius 2 is 2.21 bits per heavy atom. The van der Waals surface area contributed by atoms with Gasteiger partial charge in [0.15, 0.2) is 9.84 Å². The van der Waals surface area contributed by atoms with E-state index < -0.39 is 9.84 Å². The van der Waals surface area contributed by atoms with Gasteiger partial charge < -0.3 is 5.32 Å². The van der Waals surface area contributed by atoms with Gasteiger partial charge >= 0.3 is 0 Å². The van der Waals surface area contributed by atoms with Crippen molar-refractivity contribution in [1.82, 2.24) is 5.32 Å². The van der Waals surface area contributed by atoms with Gasteiger partial charge in [-0.1, -0.05) is 15.9 Å². The van der Waals surface area contributed by atoms with E-state index >= 15 is 0 Å². The van der Waals surface area contributed by atoms with Gasteiger partial charge in [-0.05, 0) is 12.8 Å². The normalized spacial score (nSPS) is 24.8. The molecule has 1 N–H and O–H groups in total. The van der Waals surface area contributed by atoms with Crippen molar-refractivity contribution in [3.8, 4) is 0 Å². The van der Waals surface area contributed by atoms with Crippen molar-refractivity contribution in [3.05, 3.63) is 0 Å². The van der Waals surface area contributed by atoms with E-state index in [0.717, 1.165) is 6.42 Å². The first-order valence-electron chi connectivity index (χ1n) is 4.60. The monoisotopic (exact) mass is 283 g/mol. The minimum absolute atomic E-state index is 0.0935. The molecule has 0 aliphatic carbocycles. The summed E-state index contributed by atoms with van der Waals surface area (Å²) in [4.78, 5) is 11.1. The Balaban J connectivity index is 2.35. The maximum Gasteiger partial charge on any atom is 0.220 e. The van der Waals surface area contributed by atoms with Crippen LogP contribution in [0.2, 0.25) is 0 Å². The molecule has 1 heterocycles. The van der Waals surface area contributed by atoms with Gasteiger partial charge in [0.25, 0.3) is 0 Å². The molecule has 0 saturated carbocycles. The summed E-state index contributed by atoms with van der Waals surface area (Å²) >= 11 is 3.15. The standard InChI is InChI=1S/C8H14BrNO3S/c9-4-3-8(11)10-6-7-2-1-5-14(7,12)13/h7H,1-6H2,(H,10,11). The summed E-state index contributed by atoms with van der Waals surface area (Å²) in [5.41, 5.74) is 0. The van der Waals surface area contributed by atoms with Crippen molar-refractivity contribution in [1.29, 1.82) is 0 Å². The number of nitrogens with one attached hydrogen (secondary N) is 1. The number of carbonyl (C=O) groups is 1. The highest BCUT2D eigenvalue weighted by molar-refractivity contribution is 9.09. The quantitative estimate of drug-likeness (QED) is 0.763. The van der Waals surface area contributed by atoms with Gasteiger partial charge in [0.1, 0.15) is 0 Å². The number of rotatable bonds is 4. The first-order chi connectivity index (χ1) is 6.56. The molecule has 0 aromatic heterocycles. The predicted octanol–water partition coefficient (Wildman–Crippen LogP) is 0.465. The van der Waals surface area contributed by atoms with E-state index in [2.05, 4.69) is 21.2 Å². The van der Waals surface area contributed by atoms with Gasteiger partial charge in [0.2, 0.25) is 5.91 Å².